The van der Waals surface area contributed by atoms with Crippen LogP contribution in [0.15, 0.2) is 60.7 Å². The number of carbonyl (C=O) groups is 1. The summed E-state index contributed by atoms with van der Waals surface area (Å²) in [6.45, 7) is 3.57. The Morgan fingerprint density at radius 3 is 1.91 bits per heavy atom. The Morgan fingerprint density at radius 2 is 1.39 bits per heavy atom. The van der Waals surface area contributed by atoms with Crippen molar-refractivity contribution < 1.29 is 4.79 Å². The molecule has 4 aliphatic rings. The second-order valence-corrected chi connectivity index (χ2v) is 10.7. The van der Waals surface area contributed by atoms with E-state index in [0.717, 1.165) is 38.9 Å². The topological polar surface area (TPSA) is 26.8 Å². The van der Waals surface area contributed by atoms with Gasteiger partial charge in [0.05, 0.1) is 6.54 Å². The molecule has 1 aliphatic carbocycles. The van der Waals surface area contributed by atoms with Gasteiger partial charge in [-0.3, -0.25) is 9.69 Å². The Bertz CT molecular complexity index is 873. The summed E-state index contributed by atoms with van der Waals surface area (Å²) >= 11 is 0. The minimum Gasteiger partial charge on any atom is -0.337 e. The molecule has 0 radical (unpaired) electrons. The molecule has 6 rings (SSSR count). The highest BCUT2D eigenvalue weighted by atomic mass is 16.2. The number of likely N-dealkylation sites (tertiary alicyclic amines) is 1. The van der Waals surface area contributed by atoms with Gasteiger partial charge in [0.25, 0.3) is 0 Å². The van der Waals surface area contributed by atoms with Gasteiger partial charge in [-0.25, -0.2) is 0 Å². The highest BCUT2D eigenvalue weighted by Gasteiger charge is 2.53. The van der Waals surface area contributed by atoms with Gasteiger partial charge in [0.15, 0.2) is 0 Å². The highest BCUT2D eigenvalue weighted by molar-refractivity contribution is 5.79. The summed E-state index contributed by atoms with van der Waals surface area (Å²) in [4.78, 5) is 21.1. The predicted octanol–water partition coefficient (Wildman–Crippen LogP) is 4.74. The molecule has 0 spiro atoms. The smallest absolute Gasteiger partial charge is 0.237 e. The predicted molar refractivity (Wildman–Crippen MR) is 134 cm³/mol. The van der Waals surface area contributed by atoms with Crippen LogP contribution < -0.4 is 0 Å². The molecule has 2 aromatic carbocycles. The average Bonchev–Trinajstić information content (AvgIpc) is 3.14. The van der Waals surface area contributed by atoms with Crippen LogP contribution in [-0.2, 0) is 4.79 Å². The van der Waals surface area contributed by atoms with Crippen LogP contribution in [0.5, 0.6) is 0 Å². The molecule has 4 nitrogen and oxygen atoms in total. The number of benzene rings is 2. The van der Waals surface area contributed by atoms with Crippen LogP contribution >= 0.6 is 0 Å². The van der Waals surface area contributed by atoms with E-state index in [1.165, 1.54) is 30.4 Å². The minimum atomic E-state index is 0.109. The molecule has 0 N–H and O–H groups in total. The van der Waals surface area contributed by atoms with Crippen molar-refractivity contribution in [3.63, 3.8) is 0 Å². The van der Waals surface area contributed by atoms with Crippen molar-refractivity contribution in [2.75, 3.05) is 40.3 Å². The molecule has 176 valence electrons. The zero-order valence-electron chi connectivity index (χ0n) is 20.3. The molecule has 2 atom stereocenters. The molecule has 3 saturated heterocycles. The largest absolute Gasteiger partial charge is 0.337 e. The summed E-state index contributed by atoms with van der Waals surface area (Å²) in [7, 11) is 4.49. The normalized spacial score (nSPS) is 30.4. The quantitative estimate of drug-likeness (QED) is 0.665. The van der Waals surface area contributed by atoms with Gasteiger partial charge in [0.2, 0.25) is 5.91 Å². The van der Waals surface area contributed by atoms with Gasteiger partial charge in [0, 0.05) is 30.0 Å². The fourth-order valence-electron chi connectivity index (χ4n) is 6.85. The third kappa shape index (κ3) is 4.48. The lowest BCUT2D eigenvalue weighted by Gasteiger charge is -2.51. The van der Waals surface area contributed by atoms with Gasteiger partial charge in [-0.1, -0.05) is 67.1 Å². The average molecular weight is 446 g/mol. The highest BCUT2D eigenvalue weighted by Crippen LogP contribution is 2.53. The zero-order valence-corrected chi connectivity index (χ0v) is 20.3. The number of rotatable bonds is 5. The van der Waals surface area contributed by atoms with Crippen molar-refractivity contribution in [1.29, 1.82) is 0 Å². The fourth-order valence-corrected chi connectivity index (χ4v) is 6.85. The Balaban J connectivity index is 1.56. The Hall–Kier alpha value is -2.17. The molecule has 4 fully saturated rings. The molecule has 3 heterocycles. The first-order valence-electron chi connectivity index (χ1n) is 12.9. The lowest BCUT2D eigenvalue weighted by Crippen LogP contribution is -2.54. The monoisotopic (exact) mass is 445 g/mol. The summed E-state index contributed by atoms with van der Waals surface area (Å²) in [5.74, 6) is 1.03. The summed E-state index contributed by atoms with van der Waals surface area (Å²) < 4.78 is 0. The third-order valence-electron chi connectivity index (χ3n) is 8.73. The Morgan fingerprint density at radius 1 is 0.848 bits per heavy atom. The summed E-state index contributed by atoms with van der Waals surface area (Å²) in [6.07, 6.45) is 7.03. The van der Waals surface area contributed by atoms with E-state index in [9.17, 15) is 4.79 Å². The first-order chi connectivity index (χ1) is 16.1. The maximum absolute atomic E-state index is 13.9. The van der Waals surface area contributed by atoms with E-state index in [2.05, 4.69) is 89.5 Å². The van der Waals surface area contributed by atoms with Gasteiger partial charge in [-0.2, -0.15) is 0 Å². The van der Waals surface area contributed by atoms with Crippen molar-refractivity contribution in [3.05, 3.63) is 71.8 Å². The van der Waals surface area contributed by atoms with Crippen molar-refractivity contribution in [2.24, 2.45) is 0 Å². The van der Waals surface area contributed by atoms with Crippen molar-refractivity contribution in [2.45, 2.75) is 61.9 Å². The van der Waals surface area contributed by atoms with E-state index in [1.807, 2.05) is 0 Å². The minimum absolute atomic E-state index is 0.109. The van der Waals surface area contributed by atoms with Crippen LogP contribution in [0.4, 0.5) is 0 Å². The van der Waals surface area contributed by atoms with Gasteiger partial charge in [-0.15, -0.1) is 0 Å². The molecule has 3 aliphatic heterocycles. The van der Waals surface area contributed by atoms with E-state index < -0.39 is 0 Å². The molecule has 4 heteroatoms. The van der Waals surface area contributed by atoms with Crippen LogP contribution in [-0.4, -0.2) is 72.5 Å². The summed E-state index contributed by atoms with van der Waals surface area (Å²) in [5.41, 5.74) is 2.87. The maximum Gasteiger partial charge on any atom is 0.237 e. The zero-order chi connectivity index (χ0) is 22.8. The van der Waals surface area contributed by atoms with Crippen molar-refractivity contribution in [1.82, 2.24) is 14.7 Å². The fraction of sp³-hybridized carbons (Fsp3) is 0.552. The summed E-state index contributed by atoms with van der Waals surface area (Å²) in [5, 5.41) is 0. The van der Waals surface area contributed by atoms with E-state index in [0.29, 0.717) is 24.3 Å². The standard InChI is InChI=1S/C29H39N3O/c1-30(2)29-16-19-32(27(33)22-31-17-10-5-11-18-31)28(25(20-29)23-12-6-3-7-13-23)26(21-29)24-14-8-4-9-15-24/h3-4,6-9,12-15,25-26,28H,5,10-11,16-22H2,1-2H3/t25-,26-,28?,29?/m0/s1. The van der Waals surface area contributed by atoms with Crippen LogP contribution in [0.3, 0.4) is 0 Å². The molecule has 0 unspecified atom stereocenters. The van der Waals surface area contributed by atoms with Crippen LogP contribution in [0.25, 0.3) is 0 Å². The van der Waals surface area contributed by atoms with E-state index in [1.54, 1.807) is 0 Å². The number of piperidine rings is 1. The van der Waals surface area contributed by atoms with Crippen molar-refractivity contribution in [3.8, 4) is 0 Å². The Labute approximate surface area is 199 Å². The molecule has 33 heavy (non-hydrogen) atoms. The van der Waals surface area contributed by atoms with E-state index >= 15 is 0 Å². The number of hydrogen-bond acceptors (Lipinski definition) is 3. The van der Waals surface area contributed by atoms with Gasteiger partial charge >= 0.3 is 0 Å². The number of hydrogen-bond donors (Lipinski definition) is 0. The number of fused-ring (bicyclic) bond motifs is 4. The van der Waals surface area contributed by atoms with Gasteiger partial charge < -0.3 is 9.80 Å². The molecular formula is C29H39N3O. The molecule has 2 bridgehead atoms. The first-order valence-corrected chi connectivity index (χ1v) is 12.9. The lowest BCUT2D eigenvalue weighted by atomic mass is 9.63. The van der Waals surface area contributed by atoms with Crippen LogP contribution in [0.1, 0.15) is 61.5 Å². The number of amides is 1. The molecular weight excluding hydrogens is 406 g/mol. The Kier molecular flexibility index (Phi) is 6.58. The van der Waals surface area contributed by atoms with Crippen molar-refractivity contribution >= 4 is 5.91 Å². The first kappa shape index (κ1) is 22.6. The molecule has 1 amide bonds. The van der Waals surface area contributed by atoms with Crippen LogP contribution in [0, 0.1) is 0 Å². The van der Waals surface area contributed by atoms with Crippen LogP contribution in [0.2, 0.25) is 0 Å². The second kappa shape index (κ2) is 9.60. The summed E-state index contributed by atoms with van der Waals surface area (Å²) in [6, 6.07) is 22.2. The number of carbonyl (C=O) groups excluding carboxylic acids is 1. The molecule has 0 aromatic heterocycles. The number of nitrogens with zero attached hydrogens (tertiary/aromatic N) is 3. The SMILES string of the molecule is CN(C)C12CCN(C(=O)CN3CCCCC3)C([C@H](c3ccccc3)C1)[C@H](c1ccccc1)C2. The van der Waals surface area contributed by atoms with Gasteiger partial charge in [0.1, 0.15) is 0 Å². The van der Waals surface area contributed by atoms with Gasteiger partial charge in [-0.05, 0) is 70.4 Å². The molecule has 2 aromatic rings. The molecule has 1 saturated carbocycles. The lowest BCUT2D eigenvalue weighted by molar-refractivity contribution is -0.135. The van der Waals surface area contributed by atoms with E-state index in [-0.39, 0.29) is 11.6 Å². The van der Waals surface area contributed by atoms with E-state index in [4.69, 9.17) is 0 Å². The third-order valence-corrected chi connectivity index (χ3v) is 8.73. The maximum atomic E-state index is 13.9. The second-order valence-electron chi connectivity index (χ2n) is 10.7.